The molecule has 7 nitrogen and oxygen atoms in total. The van der Waals surface area contributed by atoms with E-state index in [1.54, 1.807) is 0 Å². The average Bonchev–Trinajstić information content (AvgIpc) is 3.02. The number of rotatable bonds is 8. The van der Waals surface area contributed by atoms with Gasteiger partial charge in [0.05, 0.1) is 22.8 Å². The molecule has 2 aromatic carbocycles. The molecular formula is C23H20F3N3O4. The lowest BCUT2D eigenvalue weighted by atomic mass is 10.0. The average molecular weight is 459 g/mol. The van der Waals surface area contributed by atoms with Gasteiger partial charge in [-0.3, -0.25) is 19.3 Å². The van der Waals surface area contributed by atoms with Crippen molar-refractivity contribution in [2.45, 2.75) is 19.1 Å². The Morgan fingerprint density at radius 2 is 1.76 bits per heavy atom. The van der Waals surface area contributed by atoms with Crippen molar-refractivity contribution in [3.8, 4) is 6.07 Å². The van der Waals surface area contributed by atoms with Gasteiger partial charge in [0.2, 0.25) is 0 Å². The summed E-state index contributed by atoms with van der Waals surface area (Å²) in [4.78, 5) is 39.8. The third-order valence-electron chi connectivity index (χ3n) is 5.06. The van der Waals surface area contributed by atoms with Gasteiger partial charge in [-0.1, -0.05) is 12.1 Å². The largest absolute Gasteiger partial charge is 0.406 e. The van der Waals surface area contributed by atoms with Crippen LogP contribution in [0.15, 0.2) is 42.5 Å². The van der Waals surface area contributed by atoms with Crippen molar-refractivity contribution in [1.82, 2.24) is 9.80 Å². The Hall–Kier alpha value is -3.71. The van der Waals surface area contributed by atoms with Gasteiger partial charge in [-0.2, -0.15) is 18.4 Å². The Balaban J connectivity index is 1.86. The Morgan fingerprint density at radius 3 is 2.36 bits per heavy atom. The number of methoxy groups -OCH3 is 1. The van der Waals surface area contributed by atoms with E-state index in [4.69, 9.17) is 10.00 Å². The summed E-state index contributed by atoms with van der Waals surface area (Å²) in [7, 11) is 1.49. The van der Waals surface area contributed by atoms with E-state index >= 15 is 0 Å². The zero-order valence-corrected chi connectivity index (χ0v) is 17.7. The number of nitrogens with zero attached hydrogens (tertiary/aromatic N) is 3. The molecular weight excluding hydrogens is 439 g/mol. The van der Waals surface area contributed by atoms with Crippen LogP contribution in [0.25, 0.3) is 0 Å². The first-order chi connectivity index (χ1) is 15.6. The number of benzene rings is 2. The molecule has 0 aromatic heterocycles. The van der Waals surface area contributed by atoms with Crippen LogP contribution in [0.4, 0.5) is 13.2 Å². The van der Waals surface area contributed by atoms with Crippen LogP contribution in [0.1, 0.15) is 48.6 Å². The maximum Gasteiger partial charge on any atom is 0.406 e. The second-order valence-corrected chi connectivity index (χ2v) is 7.45. The van der Waals surface area contributed by atoms with Crippen molar-refractivity contribution < 1.29 is 32.3 Å². The SMILES string of the molecule is COCCCN1C(=O)c2ccc(C(=O)N(Cc3ccc(C#N)cc3)CC(F)(F)F)cc2C1=O. The fourth-order valence-electron chi connectivity index (χ4n) is 3.50. The number of alkyl halides is 3. The normalized spacial score (nSPS) is 13.1. The fourth-order valence-corrected chi connectivity index (χ4v) is 3.50. The maximum absolute atomic E-state index is 13.2. The van der Waals surface area contributed by atoms with E-state index in [0.29, 0.717) is 29.1 Å². The number of ether oxygens (including phenoxy) is 1. The molecule has 0 spiro atoms. The Bertz CT molecular complexity index is 1110. The van der Waals surface area contributed by atoms with Crippen molar-refractivity contribution in [1.29, 1.82) is 5.26 Å². The van der Waals surface area contributed by atoms with Gasteiger partial charge in [0, 0.05) is 32.4 Å². The highest BCUT2D eigenvalue weighted by Gasteiger charge is 2.37. The minimum atomic E-state index is -4.65. The standard InChI is InChI=1S/C23H20F3N3O4/c1-33-10-2-9-29-21(31)18-8-7-17(11-19(18)22(29)32)20(30)28(14-23(24,25)26)13-16-5-3-15(12-27)4-6-16/h3-8,11H,2,9-10,13-14H2,1H3. The number of fused-ring (bicyclic) bond motifs is 1. The molecule has 1 heterocycles. The van der Waals surface area contributed by atoms with Gasteiger partial charge < -0.3 is 9.64 Å². The number of nitriles is 1. The fraction of sp³-hybridized carbons (Fsp3) is 0.304. The molecule has 172 valence electrons. The van der Waals surface area contributed by atoms with Crippen LogP contribution >= 0.6 is 0 Å². The summed E-state index contributed by atoms with van der Waals surface area (Å²) in [6, 6.07) is 11.4. The van der Waals surface area contributed by atoms with Gasteiger partial charge in [0.1, 0.15) is 6.54 Å². The van der Waals surface area contributed by atoms with E-state index in [1.807, 2.05) is 6.07 Å². The number of amides is 3. The van der Waals surface area contributed by atoms with Crippen LogP contribution < -0.4 is 0 Å². The van der Waals surface area contributed by atoms with E-state index in [2.05, 4.69) is 0 Å². The van der Waals surface area contributed by atoms with Crippen LogP contribution in [0.2, 0.25) is 0 Å². The van der Waals surface area contributed by atoms with Gasteiger partial charge in [-0.15, -0.1) is 0 Å². The van der Waals surface area contributed by atoms with Gasteiger partial charge in [0.25, 0.3) is 17.7 Å². The third-order valence-corrected chi connectivity index (χ3v) is 5.06. The smallest absolute Gasteiger partial charge is 0.385 e. The van der Waals surface area contributed by atoms with E-state index in [9.17, 15) is 27.6 Å². The predicted molar refractivity (Wildman–Crippen MR) is 110 cm³/mol. The van der Waals surface area contributed by atoms with Crippen molar-refractivity contribution >= 4 is 17.7 Å². The Morgan fingerprint density at radius 1 is 1.09 bits per heavy atom. The molecule has 33 heavy (non-hydrogen) atoms. The highest BCUT2D eigenvalue weighted by atomic mass is 19.4. The summed E-state index contributed by atoms with van der Waals surface area (Å²) >= 11 is 0. The Labute approximate surface area is 188 Å². The molecule has 2 aromatic rings. The van der Waals surface area contributed by atoms with Crippen LogP contribution in [-0.4, -0.2) is 60.5 Å². The maximum atomic E-state index is 13.2. The minimum Gasteiger partial charge on any atom is -0.385 e. The highest BCUT2D eigenvalue weighted by molar-refractivity contribution is 6.22. The summed E-state index contributed by atoms with van der Waals surface area (Å²) in [5.41, 5.74) is 0.691. The van der Waals surface area contributed by atoms with Crippen molar-refractivity contribution in [3.05, 3.63) is 70.3 Å². The molecule has 3 rings (SSSR count). The van der Waals surface area contributed by atoms with E-state index in [0.717, 1.165) is 11.0 Å². The van der Waals surface area contributed by atoms with Gasteiger partial charge in [-0.05, 0) is 42.3 Å². The molecule has 0 saturated heterocycles. The molecule has 1 aliphatic heterocycles. The number of halogens is 3. The molecule has 0 unspecified atom stereocenters. The lowest BCUT2D eigenvalue weighted by molar-refractivity contribution is -0.141. The molecule has 0 aliphatic carbocycles. The molecule has 0 atom stereocenters. The number of carbonyl (C=O) groups excluding carboxylic acids is 3. The topological polar surface area (TPSA) is 90.7 Å². The van der Waals surface area contributed by atoms with Crippen LogP contribution in [0.3, 0.4) is 0 Å². The molecule has 0 fully saturated rings. The second kappa shape index (κ2) is 9.83. The molecule has 0 saturated carbocycles. The number of hydrogen-bond acceptors (Lipinski definition) is 5. The van der Waals surface area contributed by atoms with E-state index < -0.39 is 30.4 Å². The zero-order chi connectivity index (χ0) is 24.2. The molecule has 3 amide bonds. The number of hydrogen-bond donors (Lipinski definition) is 0. The second-order valence-electron chi connectivity index (χ2n) is 7.45. The minimum absolute atomic E-state index is 0.0198. The highest BCUT2D eigenvalue weighted by Crippen LogP contribution is 2.26. The van der Waals surface area contributed by atoms with Crippen molar-refractivity contribution in [2.75, 3.05) is 26.8 Å². The molecule has 0 bridgehead atoms. The summed E-state index contributed by atoms with van der Waals surface area (Å²) < 4.78 is 44.5. The monoisotopic (exact) mass is 459 g/mol. The van der Waals surface area contributed by atoms with E-state index in [-0.39, 0.29) is 29.8 Å². The van der Waals surface area contributed by atoms with Crippen LogP contribution in [-0.2, 0) is 11.3 Å². The lowest BCUT2D eigenvalue weighted by Gasteiger charge is -2.24. The molecule has 0 N–H and O–H groups in total. The van der Waals surface area contributed by atoms with Crippen molar-refractivity contribution in [2.24, 2.45) is 0 Å². The predicted octanol–water partition coefficient (Wildman–Crippen LogP) is 3.40. The molecule has 10 heteroatoms. The van der Waals surface area contributed by atoms with Crippen LogP contribution in [0.5, 0.6) is 0 Å². The van der Waals surface area contributed by atoms with Crippen LogP contribution in [0, 0.1) is 11.3 Å². The zero-order valence-electron chi connectivity index (χ0n) is 17.7. The van der Waals surface area contributed by atoms with E-state index in [1.165, 1.54) is 43.5 Å². The summed E-state index contributed by atoms with van der Waals surface area (Å²) in [5, 5.41) is 8.87. The first-order valence-corrected chi connectivity index (χ1v) is 9.99. The summed E-state index contributed by atoms with van der Waals surface area (Å²) in [5.74, 6) is -2.05. The summed E-state index contributed by atoms with van der Waals surface area (Å²) in [6.45, 7) is -1.38. The van der Waals surface area contributed by atoms with Crippen molar-refractivity contribution in [3.63, 3.8) is 0 Å². The lowest BCUT2D eigenvalue weighted by Crippen LogP contribution is -2.38. The Kier molecular flexibility index (Phi) is 7.13. The first-order valence-electron chi connectivity index (χ1n) is 9.99. The molecule has 1 aliphatic rings. The number of imide groups is 1. The van der Waals surface area contributed by atoms with Gasteiger partial charge in [-0.25, -0.2) is 0 Å². The summed E-state index contributed by atoms with van der Waals surface area (Å²) in [6.07, 6.45) is -4.22. The van der Waals surface area contributed by atoms with Gasteiger partial charge in [0.15, 0.2) is 0 Å². The first kappa shape index (κ1) is 23.9. The third kappa shape index (κ3) is 5.56. The molecule has 0 radical (unpaired) electrons. The van der Waals surface area contributed by atoms with Gasteiger partial charge >= 0.3 is 6.18 Å². The quantitative estimate of drug-likeness (QED) is 0.446. The number of carbonyl (C=O) groups is 3.